The Kier molecular flexibility index (Phi) is 3.60. The second kappa shape index (κ2) is 4.90. The molecule has 1 aliphatic carbocycles. The molecule has 19 heavy (non-hydrogen) atoms. The average molecular weight is 287 g/mol. The lowest BCUT2D eigenvalue weighted by molar-refractivity contribution is -0.0967. The predicted molar refractivity (Wildman–Crippen MR) is 69.0 cm³/mol. The maximum atomic E-state index is 12.6. The lowest BCUT2D eigenvalue weighted by Gasteiger charge is -2.09. The van der Waals surface area contributed by atoms with Gasteiger partial charge in [0.05, 0.1) is 5.69 Å². The number of pyridine rings is 1. The van der Waals surface area contributed by atoms with Crippen LogP contribution in [0.15, 0.2) is 40.6 Å². The third kappa shape index (κ3) is 2.93. The molecule has 3 nitrogen and oxygen atoms in total. The van der Waals surface area contributed by atoms with E-state index in [0.29, 0.717) is 16.2 Å². The SMILES string of the molecule is CC1C(/C=C(\NN)C(F)(F)F)=C1c1ccc(S)cn1. The summed E-state index contributed by atoms with van der Waals surface area (Å²) in [7, 11) is 0. The second-order valence-electron chi connectivity index (χ2n) is 4.19. The minimum atomic E-state index is -4.49. The first-order valence-electron chi connectivity index (χ1n) is 5.49. The van der Waals surface area contributed by atoms with Crippen LogP contribution < -0.4 is 11.3 Å². The number of thiol groups is 1. The van der Waals surface area contributed by atoms with Gasteiger partial charge in [-0.25, -0.2) is 0 Å². The Balaban J connectivity index is 2.31. The number of hydrazine groups is 1. The van der Waals surface area contributed by atoms with Gasteiger partial charge in [-0.3, -0.25) is 10.8 Å². The van der Waals surface area contributed by atoms with Crippen molar-refractivity contribution in [1.29, 1.82) is 0 Å². The van der Waals surface area contributed by atoms with Crippen molar-refractivity contribution in [2.24, 2.45) is 11.8 Å². The predicted octanol–water partition coefficient (Wildman–Crippen LogP) is 2.68. The van der Waals surface area contributed by atoms with E-state index >= 15 is 0 Å². The van der Waals surface area contributed by atoms with Crippen LogP contribution in [0, 0.1) is 5.92 Å². The van der Waals surface area contributed by atoms with Crippen LogP contribution in [0.2, 0.25) is 0 Å². The van der Waals surface area contributed by atoms with Crippen LogP contribution in [0.4, 0.5) is 13.2 Å². The van der Waals surface area contributed by atoms with Gasteiger partial charge < -0.3 is 5.43 Å². The van der Waals surface area contributed by atoms with Gasteiger partial charge in [-0.15, -0.1) is 12.6 Å². The first-order valence-corrected chi connectivity index (χ1v) is 5.94. The lowest BCUT2D eigenvalue weighted by Crippen LogP contribution is -2.31. The highest BCUT2D eigenvalue weighted by Crippen LogP contribution is 2.47. The number of nitrogens with zero attached hydrogens (tertiary/aromatic N) is 1. The van der Waals surface area contributed by atoms with E-state index in [9.17, 15) is 13.2 Å². The topological polar surface area (TPSA) is 50.9 Å². The molecule has 0 spiro atoms. The van der Waals surface area contributed by atoms with Crippen LogP contribution in [0.1, 0.15) is 12.6 Å². The third-order valence-corrected chi connectivity index (χ3v) is 3.18. The third-order valence-electron chi connectivity index (χ3n) is 2.91. The van der Waals surface area contributed by atoms with E-state index in [2.05, 4.69) is 17.6 Å². The molecule has 3 N–H and O–H groups in total. The van der Waals surface area contributed by atoms with E-state index in [-0.39, 0.29) is 5.92 Å². The average Bonchev–Trinajstić information content (AvgIpc) is 2.96. The van der Waals surface area contributed by atoms with Crippen LogP contribution in [0.5, 0.6) is 0 Å². The Morgan fingerprint density at radius 2 is 2.16 bits per heavy atom. The van der Waals surface area contributed by atoms with Crippen LogP contribution in [0.3, 0.4) is 0 Å². The van der Waals surface area contributed by atoms with Gasteiger partial charge in [0.25, 0.3) is 0 Å². The summed E-state index contributed by atoms with van der Waals surface area (Å²) in [6.07, 6.45) is -1.91. The van der Waals surface area contributed by atoms with Crippen molar-refractivity contribution < 1.29 is 13.2 Å². The molecule has 0 saturated heterocycles. The fourth-order valence-electron chi connectivity index (χ4n) is 1.84. The van der Waals surface area contributed by atoms with Gasteiger partial charge in [0.2, 0.25) is 0 Å². The van der Waals surface area contributed by atoms with Crippen LogP contribution >= 0.6 is 12.6 Å². The summed E-state index contributed by atoms with van der Waals surface area (Å²) in [5.41, 5.74) is 2.77. The molecule has 0 amide bonds. The van der Waals surface area contributed by atoms with Crippen molar-refractivity contribution in [2.75, 3.05) is 0 Å². The van der Waals surface area contributed by atoms with Crippen molar-refractivity contribution in [2.45, 2.75) is 18.0 Å². The standard InChI is InChI=1S/C12H12F3N3S/c1-6-8(4-10(18-16)12(13,14)15)11(6)9-3-2-7(19)5-17-9/h2-6,18-19H,16H2,1H3/b10-4-. The number of alkyl halides is 3. The van der Waals surface area contributed by atoms with Gasteiger partial charge in [-0.1, -0.05) is 6.92 Å². The van der Waals surface area contributed by atoms with E-state index in [0.717, 1.165) is 11.6 Å². The summed E-state index contributed by atoms with van der Waals surface area (Å²) in [4.78, 5) is 4.84. The van der Waals surface area contributed by atoms with Crippen molar-refractivity contribution in [3.8, 4) is 0 Å². The normalized spacial score (nSPS) is 19.7. The number of allylic oxidation sites excluding steroid dienone is 4. The smallest absolute Gasteiger partial charge is 0.320 e. The van der Waals surface area contributed by atoms with E-state index in [1.165, 1.54) is 0 Å². The molecule has 1 unspecified atom stereocenters. The van der Waals surface area contributed by atoms with E-state index in [1.54, 1.807) is 23.8 Å². The highest BCUT2D eigenvalue weighted by molar-refractivity contribution is 7.80. The Morgan fingerprint density at radius 3 is 2.63 bits per heavy atom. The number of nitrogens with two attached hydrogens (primary N) is 1. The summed E-state index contributed by atoms with van der Waals surface area (Å²) in [6.45, 7) is 1.82. The highest BCUT2D eigenvalue weighted by atomic mass is 32.1. The van der Waals surface area contributed by atoms with Gasteiger partial charge in [-0.05, 0) is 29.4 Å². The number of rotatable bonds is 3. The van der Waals surface area contributed by atoms with E-state index in [1.807, 2.05) is 6.92 Å². The van der Waals surface area contributed by atoms with Gasteiger partial charge in [0.15, 0.2) is 0 Å². The maximum Gasteiger partial charge on any atom is 0.432 e. The fraction of sp³-hybridized carbons (Fsp3) is 0.250. The molecule has 1 aromatic heterocycles. The molecular formula is C12H12F3N3S. The van der Waals surface area contributed by atoms with Crippen molar-refractivity contribution in [1.82, 2.24) is 10.4 Å². The molecule has 102 valence electrons. The largest absolute Gasteiger partial charge is 0.432 e. The minimum absolute atomic E-state index is 0.0519. The van der Waals surface area contributed by atoms with Gasteiger partial charge in [-0.2, -0.15) is 13.2 Å². The van der Waals surface area contributed by atoms with E-state index in [4.69, 9.17) is 5.84 Å². The lowest BCUT2D eigenvalue weighted by atomic mass is 10.2. The molecule has 0 aromatic carbocycles. The van der Waals surface area contributed by atoms with Crippen LogP contribution in [0.25, 0.3) is 5.57 Å². The first kappa shape index (κ1) is 14.0. The number of hydrogen-bond acceptors (Lipinski definition) is 4. The summed E-state index contributed by atoms with van der Waals surface area (Å²) in [5.74, 6) is 4.85. The zero-order chi connectivity index (χ0) is 14.2. The van der Waals surface area contributed by atoms with Crippen LogP contribution in [-0.4, -0.2) is 11.2 Å². The molecule has 0 aliphatic heterocycles. The Morgan fingerprint density at radius 1 is 1.47 bits per heavy atom. The minimum Gasteiger partial charge on any atom is -0.320 e. The monoisotopic (exact) mass is 287 g/mol. The van der Waals surface area contributed by atoms with Crippen LogP contribution in [-0.2, 0) is 0 Å². The maximum absolute atomic E-state index is 12.6. The Labute approximate surface area is 113 Å². The zero-order valence-corrected chi connectivity index (χ0v) is 10.9. The molecule has 0 radical (unpaired) electrons. The van der Waals surface area contributed by atoms with E-state index < -0.39 is 11.9 Å². The van der Waals surface area contributed by atoms with Crippen molar-refractivity contribution in [3.05, 3.63) is 41.4 Å². The highest BCUT2D eigenvalue weighted by Gasteiger charge is 2.38. The van der Waals surface area contributed by atoms with Crippen molar-refractivity contribution >= 4 is 18.2 Å². The molecule has 1 heterocycles. The summed E-state index contributed by atoms with van der Waals surface area (Å²) in [6, 6.07) is 3.48. The summed E-state index contributed by atoms with van der Waals surface area (Å²) < 4.78 is 37.7. The zero-order valence-electron chi connectivity index (χ0n) is 9.99. The molecule has 1 atom stereocenters. The van der Waals surface area contributed by atoms with Gasteiger partial charge >= 0.3 is 6.18 Å². The number of aromatic nitrogens is 1. The van der Waals surface area contributed by atoms with Crippen molar-refractivity contribution in [3.63, 3.8) is 0 Å². The number of hydrogen-bond donors (Lipinski definition) is 3. The molecule has 0 bridgehead atoms. The second-order valence-corrected chi connectivity index (χ2v) is 4.71. The quantitative estimate of drug-likeness (QED) is 0.455. The number of halogens is 3. The molecular weight excluding hydrogens is 275 g/mol. The molecule has 2 rings (SSSR count). The molecule has 1 aliphatic rings. The fourth-order valence-corrected chi connectivity index (χ4v) is 1.97. The first-order chi connectivity index (χ1) is 8.84. The molecule has 7 heteroatoms. The Hall–Kier alpha value is -1.47. The Bertz CT molecular complexity index is 546. The summed E-state index contributed by atoms with van der Waals surface area (Å²) in [5, 5.41) is 0. The summed E-state index contributed by atoms with van der Waals surface area (Å²) >= 11 is 4.11. The van der Waals surface area contributed by atoms with Gasteiger partial charge in [0.1, 0.15) is 5.70 Å². The molecule has 0 fully saturated rings. The molecule has 0 saturated carbocycles. The van der Waals surface area contributed by atoms with Gasteiger partial charge in [0, 0.05) is 17.0 Å². The number of nitrogens with one attached hydrogen (secondary N) is 1. The molecule has 1 aromatic rings.